The molecule has 0 radical (unpaired) electrons. The molecule has 0 fully saturated rings. The molecule has 4 aromatic rings. The van der Waals surface area contributed by atoms with Gasteiger partial charge in [-0.15, -0.1) is 3.89 Å². The van der Waals surface area contributed by atoms with Crippen molar-refractivity contribution in [1.82, 2.24) is 24.8 Å². The molecular formula is C21H19FN6O5S. The standard InChI is InChI=1S/C21H19FN6O5S/c22-34(31,32)16-8-2-13(3-9-16)19(29)24-10-1-11-33-15-6-4-14(5-7-15)28-12-25-17-18(28)26-21(23)27-20(17)30/h2-9,12H,1,10-11H2,(H,24,29)(H3,23,26,27,30). The molecule has 1 amide bonds. The number of carbonyl (C=O) groups excluding carboxylic acids is 1. The van der Waals surface area contributed by atoms with Crippen LogP contribution in [0.25, 0.3) is 16.9 Å². The van der Waals surface area contributed by atoms with Gasteiger partial charge in [0.05, 0.1) is 11.5 Å². The second kappa shape index (κ2) is 9.31. The lowest BCUT2D eigenvalue weighted by Gasteiger charge is -2.09. The van der Waals surface area contributed by atoms with Crippen LogP contribution in [0.5, 0.6) is 5.75 Å². The van der Waals surface area contributed by atoms with E-state index in [-0.39, 0.29) is 17.0 Å². The number of fused-ring (bicyclic) bond motifs is 1. The maximum absolute atomic E-state index is 12.9. The number of aromatic amines is 1. The van der Waals surface area contributed by atoms with Gasteiger partial charge in [-0.2, -0.15) is 13.4 Å². The first kappa shape index (κ1) is 22.9. The summed E-state index contributed by atoms with van der Waals surface area (Å²) in [6.45, 7) is 0.656. The van der Waals surface area contributed by atoms with E-state index >= 15 is 0 Å². The Morgan fingerprint density at radius 1 is 1.15 bits per heavy atom. The summed E-state index contributed by atoms with van der Waals surface area (Å²) < 4.78 is 41.9. The number of aromatic nitrogens is 4. The molecule has 0 unspecified atom stereocenters. The lowest BCUT2D eigenvalue weighted by Crippen LogP contribution is -2.25. The molecular weight excluding hydrogens is 467 g/mol. The van der Waals surface area contributed by atoms with Crippen molar-refractivity contribution in [2.24, 2.45) is 0 Å². The summed E-state index contributed by atoms with van der Waals surface area (Å²) >= 11 is 0. The first-order valence-corrected chi connectivity index (χ1v) is 11.4. The van der Waals surface area contributed by atoms with E-state index in [9.17, 15) is 21.9 Å². The zero-order valence-corrected chi connectivity index (χ0v) is 18.4. The summed E-state index contributed by atoms with van der Waals surface area (Å²) in [7, 11) is -4.80. The molecule has 0 saturated heterocycles. The van der Waals surface area contributed by atoms with Crippen molar-refractivity contribution < 1.29 is 21.8 Å². The SMILES string of the molecule is Nc1nc2c(ncn2-c2ccc(OCCCNC(=O)c3ccc(S(=O)(=O)F)cc3)cc2)c(=O)[nH]1. The number of amides is 1. The van der Waals surface area contributed by atoms with E-state index in [0.717, 1.165) is 12.1 Å². The molecule has 0 saturated carbocycles. The Hall–Kier alpha value is -4.26. The van der Waals surface area contributed by atoms with Gasteiger partial charge >= 0.3 is 10.2 Å². The van der Waals surface area contributed by atoms with Crippen LogP contribution < -0.4 is 21.3 Å². The van der Waals surface area contributed by atoms with E-state index in [2.05, 4.69) is 20.3 Å². The first-order valence-electron chi connectivity index (χ1n) is 10.0. The Morgan fingerprint density at radius 3 is 2.53 bits per heavy atom. The van der Waals surface area contributed by atoms with Gasteiger partial charge in [-0.05, 0) is 55.0 Å². The number of H-pyrrole nitrogens is 1. The van der Waals surface area contributed by atoms with E-state index in [1.54, 1.807) is 28.8 Å². The monoisotopic (exact) mass is 486 g/mol. The molecule has 13 heteroatoms. The largest absolute Gasteiger partial charge is 0.494 e. The second-order valence-electron chi connectivity index (χ2n) is 7.15. The number of halogens is 1. The topological polar surface area (TPSA) is 162 Å². The Bertz CT molecular complexity index is 1500. The van der Waals surface area contributed by atoms with Gasteiger partial charge in [0, 0.05) is 17.8 Å². The summed E-state index contributed by atoms with van der Waals surface area (Å²) in [4.78, 5) is 34.1. The Labute approximate surface area is 192 Å². The third-order valence-corrected chi connectivity index (χ3v) is 5.65. The fourth-order valence-electron chi connectivity index (χ4n) is 3.15. The summed E-state index contributed by atoms with van der Waals surface area (Å²) in [5.41, 5.74) is 6.65. The first-order chi connectivity index (χ1) is 16.2. The number of anilines is 1. The van der Waals surface area contributed by atoms with Gasteiger partial charge in [0.1, 0.15) is 12.1 Å². The van der Waals surface area contributed by atoms with Crippen molar-refractivity contribution in [2.45, 2.75) is 11.3 Å². The molecule has 2 aromatic heterocycles. The minimum absolute atomic E-state index is 0.00369. The van der Waals surface area contributed by atoms with Crippen LogP contribution in [-0.2, 0) is 10.2 Å². The molecule has 176 valence electrons. The highest BCUT2D eigenvalue weighted by Crippen LogP contribution is 2.19. The second-order valence-corrected chi connectivity index (χ2v) is 8.50. The maximum atomic E-state index is 12.9. The third-order valence-electron chi connectivity index (χ3n) is 4.81. The number of nitrogens with two attached hydrogens (primary N) is 1. The van der Waals surface area contributed by atoms with Gasteiger partial charge in [0.15, 0.2) is 11.2 Å². The van der Waals surface area contributed by atoms with Crippen LogP contribution in [-0.4, -0.2) is 47.0 Å². The number of nitrogens with zero attached hydrogens (tertiary/aromatic N) is 3. The average molecular weight is 486 g/mol. The highest BCUT2D eigenvalue weighted by molar-refractivity contribution is 7.86. The molecule has 0 aliphatic carbocycles. The van der Waals surface area contributed by atoms with E-state index in [1.165, 1.54) is 18.5 Å². The Morgan fingerprint density at radius 2 is 1.85 bits per heavy atom. The van der Waals surface area contributed by atoms with Crippen LogP contribution in [0.1, 0.15) is 16.8 Å². The highest BCUT2D eigenvalue weighted by Gasteiger charge is 2.13. The van der Waals surface area contributed by atoms with Gasteiger partial charge in [-0.1, -0.05) is 0 Å². The number of hydrogen-bond acceptors (Lipinski definition) is 8. The van der Waals surface area contributed by atoms with Crippen molar-refractivity contribution in [3.8, 4) is 11.4 Å². The molecule has 4 N–H and O–H groups in total. The summed E-state index contributed by atoms with van der Waals surface area (Å²) in [6, 6.07) is 11.6. The lowest BCUT2D eigenvalue weighted by molar-refractivity contribution is 0.0951. The summed E-state index contributed by atoms with van der Waals surface area (Å²) in [6.07, 6.45) is 2.00. The van der Waals surface area contributed by atoms with Crippen LogP contribution in [0.15, 0.2) is 64.5 Å². The van der Waals surface area contributed by atoms with Gasteiger partial charge in [0.25, 0.3) is 11.5 Å². The summed E-state index contributed by atoms with van der Waals surface area (Å²) in [5.74, 6) is 0.191. The van der Waals surface area contributed by atoms with Gasteiger partial charge in [-0.25, -0.2) is 4.98 Å². The predicted molar refractivity (Wildman–Crippen MR) is 121 cm³/mol. The number of nitrogens with one attached hydrogen (secondary N) is 2. The zero-order valence-electron chi connectivity index (χ0n) is 17.6. The average Bonchev–Trinajstić information content (AvgIpc) is 3.23. The normalized spacial score (nSPS) is 11.4. The Balaban J connectivity index is 1.28. The molecule has 11 nitrogen and oxygen atoms in total. The van der Waals surface area contributed by atoms with Crippen LogP contribution in [0.2, 0.25) is 0 Å². The van der Waals surface area contributed by atoms with E-state index in [4.69, 9.17) is 10.5 Å². The minimum Gasteiger partial charge on any atom is -0.494 e. The molecule has 0 aliphatic rings. The molecule has 0 aliphatic heterocycles. The van der Waals surface area contributed by atoms with E-state index < -0.39 is 26.6 Å². The third kappa shape index (κ3) is 5.04. The summed E-state index contributed by atoms with van der Waals surface area (Å²) in [5, 5.41) is 2.68. The molecule has 2 heterocycles. The quantitative estimate of drug-likeness (QED) is 0.250. The van der Waals surface area contributed by atoms with Crippen molar-refractivity contribution >= 4 is 33.2 Å². The van der Waals surface area contributed by atoms with Gasteiger partial charge in [-0.3, -0.25) is 19.1 Å². The molecule has 2 aromatic carbocycles. The van der Waals surface area contributed by atoms with Crippen LogP contribution >= 0.6 is 0 Å². The van der Waals surface area contributed by atoms with Crippen LogP contribution in [0.4, 0.5) is 9.83 Å². The van der Waals surface area contributed by atoms with Crippen molar-refractivity contribution in [3.63, 3.8) is 0 Å². The minimum atomic E-state index is -4.80. The molecule has 0 bridgehead atoms. The Kier molecular flexibility index (Phi) is 6.27. The molecule has 34 heavy (non-hydrogen) atoms. The number of imidazole rings is 1. The van der Waals surface area contributed by atoms with Gasteiger partial charge in [0.2, 0.25) is 5.95 Å². The van der Waals surface area contributed by atoms with Crippen LogP contribution in [0, 0.1) is 0 Å². The smallest absolute Gasteiger partial charge is 0.332 e. The van der Waals surface area contributed by atoms with Crippen molar-refractivity contribution in [2.75, 3.05) is 18.9 Å². The fraction of sp³-hybridized carbons (Fsp3) is 0.143. The molecule has 4 rings (SSSR count). The molecule has 0 atom stereocenters. The van der Waals surface area contributed by atoms with Crippen molar-refractivity contribution in [3.05, 3.63) is 70.8 Å². The lowest BCUT2D eigenvalue weighted by atomic mass is 10.2. The molecule has 0 spiro atoms. The maximum Gasteiger partial charge on any atom is 0.332 e. The van der Waals surface area contributed by atoms with Gasteiger partial charge < -0.3 is 15.8 Å². The van der Waals surface area contributed by atoms with E-state index in [0.29, 0.717) is 36.7 Å². The number of nitrogen functional groups attached to an aromatic ring is 1. The van der Waals surface area contributed by atoms with E-state index in [1.807, 2.05) is 0 Å². The number of carbonyl (C=O) groups is 1. The number of benzene rings is 2. The number of hydrogen-bond donors (Lipinski definition) is 3. The predicted octanol–water partition coefficient (Wildman–Crippen LogP) is 1.55. The van der Waals surface area contributed by atoms with Crippen molar-refractivity contribution in [1.29, 1.82) is 0 Å². The fourth-order valence-corrected chi connectivity index (χ4v) is 3.61. The number of ether oxygens (including phenoxy) is 1. The van der Waals surface area contributed by atoms with Crippen LogP contribution in [0.3, 0.4) is 0 Å². The zero-order chi connectivity index (χ0) is 24.3. The number of rotatable bonds is 8. The highest BCUT2D eigenvalue weighted by atomic mass is 32.3.